The van der Waals surface area contributed by atoms with Gasteiger partial charge in [-0.05, 0) is 42.5 Å². The fourth-order valence-electron chi connectivity index (χ4n) is 5.58. The lowest BCUT2D eigenvalue weighted by atomic mass is 9.85. The molecule has 3 aromatic rings. The zero-order valence-corrected chi connectivity index (χ0v) is 21.4. The maximum absolute atomic E-state index is 13.8. The van der Waals surface area contributed by atoms with Crippen molar-refractivity contribution in [2.45, 2.75) is 12.1 Å². The molecule has 0 saturated carbocycles. The second-order valence-corrected chi connectivity index (χ2v) is 10.3. The van der Waals surface area contributed by atoms with Gasteiger partial charge in [0.15, 0.2) is 11.6 Å². The summed E-state index contributed by atoms with van der Waals surface area (Å²) in [6.07, 6.45) is 4.95. The Balaban J connectivity index is 1.43. The van der Waals surface area contributed by atoms with Gasteiger partial charge in [0.25, 0.3) is 0 Å². The second kappa shape index (κ2) is 9.29. The molecule has 38 heavy (non-hydrogen) atoms. The summed E-state index contributed by atoms with van der Waals surface area (Å²) >= 11 is 3.37. The van der Waals surface area contributed by atoms with E-state index in [-0.39, 0.29) is 17.3 Å². The molecule has 3 heterocycles. The number of halogens is 2. The first-order chi connectivity index (χ1) is 18.3. The largest absolute Gasteiger partial charge is 0.359 e. The maximum Gasteiger partial charge on any atom is 0.240 e. The lowest BCUT2D eigenvalue weighted by Gasteiger charge is -2.32. The molecular formula is C30H20BrFN2O4. The second-order valence-electron chi connectivity index (χ2n) is 9.43. The van der Waals surface area contributed by atoms with Crippen LogP contribution in [0.2, 0.25) is 0 Å². The Labute approximate surface area is 226 Å². The molecule has 2 amide bonds. The SMILES string of the molecule is O=C(C1=C[C@@H]2[C@@H]3C(=O)N(c4ccc(F)cc4)C(=O)[C@H]3[C@H](C(=O)c3ccc(Br)cc3)N2C=C1)c1ccccc1. The number of amides is 2. The summed E-state index contributed by atoms with van der Waals surface area (Å²) in [4.78, 5) is 57.3. The highest BCUT2D eigenvalue weighted by Crippen LogP contribution is 2.47. The van der Waals surface area contributed by atoms with Crippen molar-refractivity contribution in [3.05, 3.63) is 124 Å². The molecule has 8 heteroatoms. The van der Waals surface area contributed by atoms with E-state index in [2.05, 4.69) is 15.9 Å². The van der Waals surface area contributed by atoms with Crippen LogP contribution in [0, 0.1) is 17.7 Å². The van der Waals surface area contributed by atoms with Crippen LogP contribution in [0.3, 0.4) is 0 Å². The standard InChI is InChI=1S/C30H20BrFN2O4/c31-20-8-6-18(7-9-20)28(36)26-25-24(29(37)34(30(25)38)22-12-10-21(32)11-13-22)23-16-19(14-15-33(23)26)27(35)17-4-2-1-3-5-17/h1-16,23-26H/t23-,24+,25-,26-/m1/s1. The van der Waals surface area contributed by atoms with Gasteiger partial charge in [0, 0.05) is 27.4 Å². The number of hydrogen-bond acceptors (Lipinski definition) is 5. The van der Waals surface area contributed by atoms with Gasteiger partial charge in [-0.1, -0.05) is 64.5 Å². The van der Waals surface area contributed by atoms with E-state index in [0.717, 1.165) is 9.37 Å². The van der Waals surface area contributed by atoms with Gasteiger partial charge < -0.3 is 4.90 Å². The number of carbonyl (C=O) groups is 4. The average Bonchev–Trinajstić information content (AvgIpc) is 3.41. The number of hydrogen-bond donors (Lipinski definition) is 0. The number of allylic oxidation sites excluding steroid dienone is 2. The summed E-state index contributed by atoms with van der Waals surface area (Å²) < 4.78 is 14.4. The molecule has 6 rings (SSSR count). The molecule has 2 fully saturated rings. The van der Waals surface area contributed by atoms with Gasteiger partial charge in [-0.25, -0.2) is 9.29 Å². The van der Waals surface area contributed by atoms with Crippen molar-refractivity contribution in [2.24, 2.45) is 11.8 Å². The zero-order valence-electron chi connectivity index (χ0n) is 19.8. The van der Waals surface area contributed by atoms with Crippen molar-refractivity contribution in [1.82, 2.24) is 4.90 Å². The minimum atomic E-state index is -0.972. The first kappa shape index (κ1) is 24.2. The van der Waals surface area contributed by atoms with E-state index in [9.17, 15) is 23.6 Å². The van der Waals surface area contributed by atoms with Gasteiger partial charge in [0.2, 0.25) is 11.8 Å². The molecule has 188 valence electrons. The first-order valence-corrected chi connectivity index (χ1v) is 12.8. The maximum atomic E-state index is 13.8. The van der Waals surface area contributed by atoms with Gasteiger partial charge in [-0.3, -0.25) is 19.2 Å². The van der Waals surface area contributed by atoms with Crippen molar-refractivity contribution in [3.8, 4) is 0 Å². The van der Waals surface area contributed by atoms with E-state index < -0.39 is 41.6 Å². The third kappa shape index (κ3) is 3.83. The van der Waals surface area contributed by atoms with Gasteiger partial charge in [-0.2, -0.15) is 0 Å². The van der Waals surface area contributed by atoms with E-state index in [1.807, 2.05) is 6.07 Å². The fourth-order valence-corrected chi connectivity index (χ4v) is 5.85. The molecule has 3 aliphatic heterocycles. The normalized spacial score (nSPS) is 23.8. The number of carbonyl (C=O) groups excluding carboxylic acids is 4. The number of Topliss-reactive ketones (excluding diaryl/α,β-unsaturated/α-hetero) is 2. The molecule has 0 unspecified atom stereocenters. The van der Waals surface area contributed by atoms with Crippen molar-refractivity contribution in [2.75, 3.05) is 4.90 Å². The molecule has 3 aromatic carbocycles. The summed E-state index contributed by atoms with van der Waals surface area (Å²) in [5, 5.41) is 0. The molecule has 0 spiro atoms. The monoisotopic (exact) mass is 570 g/mol. The van der Waals surface area contributed by atoms with Crippen LogP contribution in [0.5, 0.6) is 0 Å². The molecule has 4 atom stereocenters. The minimum Gasteiger partial charge on any atom is -0.359 e. The molecule has 2 saturated heterocycles. The Morgan fingerprint density at radius 2 is 1.45 bits per heavy atom. The van der Waals surface area contributed by atoms with Crippen LogP contribution < -0.4 is 4.90 Å². The van der Waals surface area contributed by atoms with E-state index in [1.54, 1.807) is 71.8 Å². The molecule has 3 aliphatic rings. The summed E-state index contributed by atoms with van der Waals surface area (Å²) in [5.74, 6) is -3.87. The predicted molar refractivity (Wildman–Crippen MR) is 142 cm³/mol. The highest BCUT2D eigenvalue weighted by atomic mass is 79.9. The molecule has 0 radical (unpaired) electrons. The molecule has 0 aromatic heterocycles. The number of anilines is 1. The Morgan fingerprint density at radius 3 is 2.13 bits per heavy atom. The van der Waals surface area contributed by atoms with Crippen LogP contribution in [0.4, 0.5) is 10.1 Å². The summed E-state index contributed by atoms with van der Waals surface area (Å²) in [5.41, 5.74) is 1.53. The lowest BCUT2D eigenvalue weighted by Crippen LogP contribution is -2.46. The lowest BCUT2D eigenvalue weighted by molar-refractivity contribution is -0.123. The summed E-state index contributed by atoms with van der Waals surface area (Å²) in [6, 6.07) is 19.1. The van der Waals surface area contributed by atoms with Crippen LogP contribution in [-0.2, 0) is 9.59 Å². The Morgan fingerprint density at radius 1 is 0.789 bits per heavy atom. The van der Waals surface area contributed by atoms with Crippen molar-refractivity contribution in [3.63, 3.8) is 0 Å². The van der Waals surface area contributed by atoms with E-state index in [0.29, 0.717) is 16.7 Å². The molecule has 0 aliphatic carbocycles. The number of ketones is 2. The van der Waals surface area contributed by atoms with Crippen LogP contribution in [0.1, 0.15) is 20.7 Å². The van der Waals surface area contributed by atoms with E-state index in [4.69, 9.17) is 0 Å². The van der Waals surface area contributed by atoms with Gasteiger partial charge in [-0.15, -0.1) is 0 Å². The number of fused-ring (bicyclic) bond motifs is 3. The molecular weight excluding hydrogens is 551 g/mol. The Bertz CT molecular complexity index is 1530. The van der Waals surface area contributed by atoms with Crippen LogP contribution in [-0.4, -0.2) is 40.4 Å². The van der Waals surface area contributed by atoms with Gasteiger partial charge in [0.05, 0.1) is 23.6 Å². The summed E-state index contributed by atoms with van der Waals surface area (Å²) in [6.45, 7) is 0. The smallest absolute Gasteiger partial charge is 0.240 e. The molecule has 6 nitrogen and oxygen atoms in total. The van der Waals surface area contributed by atoms with E-state index >= 15 is 0 Å². The minimum absolute atomic E-state index is 0.215. The number of imide groups is 1. The fraction of sp³-hybridized carbons (Fsp3) is 0.133. The molecule has 0 N–H and O–H groups in total. The highest BCUT2D eigenvalue weighted by Gasteiger charge is 2.63. The van der Waals surface area contributed by atoms with Gasteiger partial charge >= 0.3 is 0 Å². The van der Waals surface area contributed by atoms with Crippen molar-refractivity contribution >= 4 is 45.0 Å². The first-order valence-electron chi connectivity index (χ1n) is 12.1. The summed E-state index contributed by atoms with van der Waals surface area (Å²) in [7, 11) is 0. The number of rotatable bonds is 5. The predicted octanol–water partition coefficient (Wildman–Crippen LogP) is 4.97. The van der Waals surface area contributed by atoms with Crippen LogP contribution in [0.15, 0.2) is 107 Å². The van der Waals surface area contributed by atoms with E-state index in [1.165, 1.54) is 24.3 Å². The Kier molecular flexibility index (Phi) is 5.91. The third-order valence-electron chi connectivity index (χ3n) is 7.33. The van der Waals surface area contributed by atoms with Crippen LogP contribution >= 0.6 is 15.9 Å². The highest BCUT2D eigenvalue weighted by molar-refractivity contribution is 9.10. The van der Waals surface area contributed by atoms with Crippen molar-refractivity contribution in [1.29, 1.82) is 0 Å². The number of nitrogens with zero attached hydrogens (tertiary/aromatic N) is 2. The third-order valence-corrected chi connectivity index (χ3v) is 7.86. The zero-order chi connectivity index (χ0) is 26.6. The topological polar surface area (TPSA) is 74.8 Å². The quantitative estimate of drug-likeness (QED) is 0.320. The van der Waals surface area contributed by atoms with Crippen molar-refractivity contribution < 1.29 is 23.6 Å². The molecule has 0 bridgehead atoms. The average molecular weight is 571 g/mol. The van der Waals surface area contributed by atoms with Crippen LogP contribution in [0.25, 0.3) is 0 Å². The Hall–Kier alpha value is -4.17. The number of benzene rings is 3. The van der Waals surface area contributed by atoms with Gasteiger partial charge in [0.1, 0.15) is 11.9 Å².